The molecule has 96 valence electrons. The van der Waals surface area contributed by atoms with E-state index in [0.717, 1.165) is 17.8 Å². The number of halogens is 2. The average molecular weight is 269 g/mol. The van der Waals surface area contributed by atoms with Crippen LogP contribution in [0.15, 0.2) is 24.3 Å². The van der Waals surface area contributed by atoms with Gasteiger partial charge in [-0.3, -0.25) is 4.68 Å². The summed E-state index contributed by atoms with van der Waals surface area (Å²) in [5, 5.41) is 4.94. The number of nitrogens with zero attached hydrogens (tertiary/aromatic N) is 2. The molecule has 0 aliphatic rings. The first-order valence-electron chi connectivity index (χ1n) is 5.70. The Labute approximate surface area is 110 Å². The Balaban J connectivity index is 2.10. The van der Waals surface area contributed by atoms with Crippen molar-refractivity contribution < 1.29 is 9.13 Å². The van der Waals surface area contributed by atoms with E-state index in [4.69, 9.17) is 16.3 Å². The van der Waals surface area contributed by atoms with Gasteiger partial charge in [0.1, 0.15) is 18.2 Å². The molecule has 18 heavy (non-hydrogen) atoms. The zero-order valence-electron chi connectivity index (χ0n) is 10.3. The van der Waals surface area contributed by atoms with Crippen molar-refractivity contribution in [3.8, 4) is 5.75 Å². The highest BCUT2D eigenvalue weighted by atomic mass is 35.5. The normalized spacial score (nSPS) is 10.7. The monoisotopic (exact) mass is 268 g/mol. The van der Waals surface area contributed by atoms with Gasteiger partial charge in [-0.05, 0) is 30.7 Å². The topological polar surface area (TPSA) is 27.1 Å². The minimum atomic E-state index is -0.283. The molecule has 0 spiro atoms. The van der Waals surface area contributed by atoms with Gasteiger partial charge in [-0.15, -0.1) is 0 Å². The van der Waals surface area contributed by atoms with Gasteiger partial charge in [0.15, 0.2) is 0 Å². The van der Waals surface area contributed by atoms with Crippen molar-refractivity contribution in [1.82, 2.24) is 9.78 Å². The molecule has 0 aliphatic carbocycles. The summed E-state index contributed by atoms with van der Waals surface area (Å²) in [6.45, 7) is 2.31. The van der Waals surface area contributed by atoms with Crippen molar-refractivity contribution in [3.05, 3.63) is 46.5 Å². The van der Waals surface area contributed by atoms with Crippen LogP contribution >= 0.6 is 11.6 Å². The Morgan fingerprint density at radius 3 is 2.56 bits per heavy atom. The molecule has 0 bridgehead atoms. The maximum atomic E-state index is 12.7. The zero-order chi connectivity index (χ0) is 13.1. The lowest BCUT2D eigenvalue weighted by molar-refractivity contribution is 0.294. The quantitative estimate of drug-likeness (QED) is 0.850. The molecule has 1 heterocycles. The summed E-state index contributed by atoms with van der Waals surface area (Å²) in [5.41, 5.74) is 1.68. The molecule has 3 nitrogen and oxygen atoms in total. The van der Waals surface area contributed by atoms with Crippen LogP contribution in [0.2, 0.25) is 5.02 Å². The van der Waals surface area contributed by atoms with Gasteiger partial charge in [0, 0.05) is 7.05 Å². The van der Waals surface area contributed by atoms with Gasteiger partial charge in [0.05, 0.1) is 16.4 Å². The van der Waals surface area contributed by atoms with Crippen LogP contribution in [0.3, 0.4) is 0 Å². The summed E-state index contributed by atoms with van der Waals surface area (Å²) in [6.07, 6.45) is 0.781. The molecule has 1 aromatic heterocycles. The molecule has 0 saturated heterocycles. The number of aromatic nitrogens is 2. The maximum absolute atomic E-state index is 12.7. The Morgan fingerprint density at radius 1 is 1.33 bits per heavy atom. The lowest BCUT2D eigenvalue weighted by atomic mass is 10.3. The highest BCUT2D eigenvalue weighted by Crippen LogP contribution is 2.22. The molecule has 1 aromatic carbocycles. The second-order valence-electron chi connectivity index (χ2n) is 3.93. The molecule has 2 rings (SSSR count). The van der Waals surface area contributed by atoms with Crippen molar-refractivity contribution in [2.75, 3.05) is 0 Å². The fourth-order valence-electron chi connectivity index (χ4n) is 1.66. The predicted octanol–water partition coefficient (Wildman–Crippen LogP) is 3.35. The van der Waals surface area contributed by atoms with Gasteiger partial charge in [-0.2, -0.15) is 5.10 Å². The third-order valence-electron chi connectivity index (χ3n) is 2.69. The van der Waals surface area contributed by atoms with Crippen LogP contribution in [0.4, 0.5) is 4.39 Å². The third-order valence-corrected chi connectivity index (χ3v) is 3.13. The van der Waals surface area contributed by atoms with Crippen molar-refractivity contribution in [1.29, 1.82) is 0 Å². The standard InChI is InChI=1S/C13H14ClFN2O/c1-3-11-13(14)12(17(2)16-11)8-18-10-6-4-9(15)5-7-10/h4-7H,3,8H2,1-2H3. The molecule has 5 heteroatoms. The van der Waals surface area contributed by atoms with Crippen LogP contribution in [0, 0.1) is 5.82 Å². The number of aryl methyl sites for hydroxylation is 2. The minimum absolute atomic E-state index is 0.283. The Morgan fingerprint density at radius 2 is 2.00 bits per heavy atom. The van der Waals surface area contributed by atoms with E-state index in [-0.39, 0.29) is 5.82 Å². The van der Waals surface area contributed by atoms with E-state index >= 15 is 0 Å². The third kappa shape index (κ3) is 2.64. The van der Waals surface area contributed by atoms with E-state index in [2.05, 4.69) is 5.10 Å². The Bertz CT molecular complexity index is 537. The summed E-state index contributed by atoms with van der Waals surface area (Å²) in [5.74, 6) is 0.320. The predicted molar refractivity (Wildman–Crippen MR) is 68.3 cm³/mol. The van der Waals surface area contributed by atoms with E-state index in [1.165, 1.54) is 12.1 Å². The molecule has 0 N–H and O–H groups in total. The van der Waals surface area contributed by atoms with E-state index < -0.39 is 0 Å². The molecule has 0 aliphatic heterocycles. The second kappa shape index (κ2) is 5.40. The fourth-order valence-corrected chi connectivity index (χ4v) is 2.01. The lowest BCUT2D eigenvalue weighted by Gasteiger charge is -2.06. The first-order valence-corrected chi connectivity index (χ1v) is 6.08. The first-order chi connectivity index (χ1) is 8.61. The molecule has 0 atom stereocenters. The highest BCUT2D eigenvalue weighted by Gasteiger charge is 2.13. The molecule has 0 saturated carbocycles. The van der Waals surface area contributed by atoms with Crippen LogP contribution in [0.1, 0.15) is 18.3 Å². The van der Waals surface area contributed by atoms with Crippen molar-refractivity contribution in [3.63, 3.8) is 0 Å². The Hall–Kier alpha value is -1.55. The van der Waals surface area contributed by atoms with Crippen LogP contribution in [0.25, 0.3) is 0 Å². The van der Waals surface area contributed by atoms with E-state index in [1.54, 1.807) is 16.8 Å². The van der Waals surface area contributed by atoms with Crippen molar-refractivity contribution in [2.45, 2.75) is 20.0 Å². The molecule has 0 fully saturated rings. The van der Waals surface area contributed by atoms with Crippen LogP contribution in [-0.4, -0.2) is 9.78 Å². The molecule has 0 amide bonds. The summed E-state index contributed by atoms with van der Waals surface area (Å²) in [7, 11) is 1.83. The largest absolute Gasteiger partial charge is 0.487 e. The highest BCUT2D eigenvalue weighted by molar-refractivity contribution is 6.31. The van der Waals surface area contributed by atoms with Gasteiger partial charge in [-0.1, -0.05) is 18.5 Å². The van der Waals surface area contributed by atoms with Crippen molar-refractivity contribution in [2.24, 2.45) is 7.05 Å². The second-order valence-corrected chi connectivity index (χ2v) is 4.31. The zero-order valence-corrected chi connectivity index (χ0v) is 11.0. The van der Waals surface area contributed by atoms with Crippen LogP contribution in [-0.2, 0) is 20.1 Å². The Kier molecular flexibility index (Phi) is 3.87. The van der Waals surface area contributed by atoms with Gasteiger partial charge < -0.3 is 4.74 Å². The molecular formula is C13H14ClFN2O. The van der Waals surface area contributed by atoms with Crippen molar-refractivity contribution >= 4 is 11.6 Å². The maximum Gasteiger partial charge on any atom is 0.131 e. The first kappa shape index (κ1) is 12.9. The van der Waals surface area contributed by atoms with E-state index in [0.29, 0.717) is 17.4 Å². The van der Waals surface area contributed by atoms with Gasteiger partial charge in [0.25, 0.3) is 0 Å². The van der Waals surface area contributed by atoms with E-state index in [1.807, 2.05) is 14.0 Å². The molecule has 2 aromatic rings. The van der Waals surface area contributed by atoms with E-state index in [9.17, 15) is 4.39 Å². The van der Waals surface area contributed by atoms with Gasteiger partial charge in [0.2, 0.25) is 0 Å². The number of hydrogen-bond donors (Lipinski definition) is 0. The smallest absolute Gasteiger partial charge is 0.131 e. The number of benzene rings is 1. The number of ether oxygens (including phenoxy) is 1. The average Bonchev–Trinajstić information content (AvgIpc) is 2.64. The van der Waals surface area contributed by atoms with Gasteiger partial charge >= 0.3 is 0 Å². The molecule has 0 radical (unpaired) electrons. The summed E-state index contributed by atoms with van der Waals surface area (Å²) in [4.78, 5) is 0. The summed E-state index contributed by atoms with van der Waals surface area (Å²) >= 11 is 6.20. The van der Waals surface area contributed by atoms with Gasteiger partial charge in [-0.25, -0.2) is 4.39 Å². The number of rotatable bonds is 4. The van der Waals surface area contributed by atoms with Crippen LogP contribution in [0.5, 0.6) is 5.75 Å². The fraction of sp³-hybridized carbons (Fsp3) is 0.308. The summed E-state index contributed by atoms with van der Waals surface area (Å²) in [6, 6.07) is 5.88. The molecular weight excluding hydrogens is 255 g/mol. The molecule has 0 unspecified atom stereocenters. The SMILES string of the molecule is CCc1nn(C)c(COc2ccc(F)cc2)c1Cl. The summed E-state index contributed by atoms with van der Waals surface area (Å²) < 4.78 is 20.0. The lowest BCUT2D eigenvalue weighted by Crippen LogP contribution is -2.03. The van der Waals surface area contributed by atoms with Crippen LogP contribution < -0.4 is 4.74 Å². The number of hydrogen-bond acceptors (Lipinski definition) is 2. The minimum Gasteiger partial charge on any atom is -0.487 e.